The third-order valence-electron chi connectivity index (χ3n) is 4.09. The molecule has 1 aromatic heterocycles. The summed E-state index contributed by atoms with van der Waals surface area (Å²) >= 11 is 6.16. The predicted octanol–water partition coefficient (Wildman–Crippen LogP) is 4.32. The van der Waals surface area contributed by atoms with Crippen LogP contribution in [-0.4, -0.2) is 6.54 Å². The van der Waals surface area contributed by atoms with Gasteiger partial charge in [-0.25, -0.2) is 0 Å². The smallest absolute Gasteiger partial charge is 0.152 e. The highest BCUT2D eigenvalue weighted by atomic mass is 35.5. The van der Waals surface area contributed by atoms with Gasteiger partial charge in [0.2, 0.25) is 0 Å². The second kappa shape index (κ2) is 4.94. The lowest BCUT2D eigenvalue weighted by atomic mass is 9.78. The molecule has 1 fully saturated rings. The first kappa shape index (κ1) is 12.1. The van der Waals surface area contributed by atoms with Gasteiger partial charge < -0.3 is 10.2 Å². The maximum atomic E-state index is 6.16. The summed E-state index contributed by atoms with van der Waals surface area (Å²) in [6, 6.07) is 8.03. The van der Waals surface area contributed by atoms with Gasteiger partial charge in [-0.1, -0.05) is 36.6 Å². The Bertz CT molecular complexity index is 548. The van der Waals surface area contributed by atoms with Gasteiger partial charge in [0.25, 0.3) is 0 Å². The molecule has 18 heavy (non-hydrogen) atoms. The molecule has 96 valence electrons. The first-order valence-electron chi connectivity index (χ1n) is 6.67. The molecule has 0 bridgehead atoms. The van der Waals surface area contributed by atoms with Gasteiger partial charge in [-0.05, 0) is 37.4 Å². The lowest BCUT2D eigenvalue weighted by Crippen LogP contribution is -2.24. The zero-order valence-corrected chi connectivity index (χ0v) is 11.1. The van der Waals surface area contributed by atoms with Gasteiger partial charge >= 0.3 is 0 Å². The number of para-hydroxylation sites is 1. The van der Waals surface area contributed by atoms with Gasteiger partial charge in [-0.3, -0.25) is 0 Å². The van der Waals surface area contributed by atoms with Crippen molar-refractivity contribution in [3.8, 4) is 0 Å². The van der Waals surface area contributed by atoms with E-state index in [-0.39, 0.29) is 0 Å². The number of nitrogens with two attached hydrogens (primary N) is 1. The van der Waals surface area contributed by atoms with Crippen molar-refractivity contribution in [3.05, 3.63) is 35.0 Å². The lowest BCUT2D eigenvalue weighted by molar-refractivity contribution is 0.282. The molecule has 3 rings (SSSR count). The monoisotopic (exact) mass is 263 g/mol. The van der Waals surface area contributed by atoms with E-state index in [0.717, 1.165) is 23.3 Å². The third-order valence-corrected chi connectivity index (χ3v) is 4.39. The minimum atomic E-state index is 0.465. The van der Waals surface area contributed by atoms with Crippen molar-refractivity contribution in [1.82, 2.24) is 0 Å². The van der Waals surface area contributed by atoms with Crippen LogP contribution in [0.4, 0.5) is 0 Å². The molecule has 2 aromatic rings. The molecule has 1 aromatic carbocycles. The molecule has 2 nitrogen and oxygen atoms in total. The molecule has 0 radical (unpaired) electrons. The van der Waals surface area contributed by atoms with E-state index in [1.54, 1.807) is 0 Å². The average Bonchev–Trinajstić information content (AvgIpc) is 2.84. The van der Waals surface area contributed by atoms with Crippen LogP contribution in [0.3, 0.4) is 0 Å². The Kier molecular flexibility index (Phi) is 3.31. The van der Waals surface area contributed by atoms with Crippen molar-refractivity contribution in [2.24, 2.45) is 11.7 Å². The molecule has 0 spiro atoms. The van der Waals surface area contributed by atoms with Crippen LogP contribution >= 0.6 is 11.6 Å². The van der Waals surface area contributed by atoms with Crippen molar-refractivity contribution in [2.75, 3.05) is 6.54 Å². The highest BCUT2D eigenvalue weighted by molar-refractivity contribution is 6.34. The van der Waals surface area contributed by atoms with Crippen LogP contribution in [0.15, 0.2) is 28.7 Å². The molecule has 2 N–H and O–H groups in total. The van der Waals surface area contributed by atoms with Crippen LogP contribution in [0.2, 0.25) is 5.02 Å². The Labute approximate surface area is 112 Å². The molecule has 1 saturated carbocycles. The Balaban J connectivity index is 2.00. The minimum absolute atomic E-state index is 0.465. The standard InChI is InChI=1S/C15H18ClNO/c16-13-7-3-5-10-8-14(18-15(10)13)12-6-2-1-4-11(12)9-17/h3,5,7-8,11-12H,1-2,4,6,9,17H2. The normalized spacial score (nSPS) is 24.6. The van der Waals surface area contributed by atoms with Gasteiger partial charge in [-0.2, -0.15) is 0 Å². The van der Waals surface area contributed by atoms with Crippen molar-refractivity contribution in [2.45, 2.75) is 31.6 Å². The molecule has 0 saturated heterocycles. The molecule has 1 aliphatic carbocycles. The van der Waals surface area contributed by atoms with E-state index in [0.29, 0.717) is 16.9 Å². The summed E-state index contributed by atoms with van der Waals surface area (Å²) in [7, 11) is 0. The fraction of sp³-hybridized carbons (Fsp3) is 0.467. The molecule has 2 atom stereocenters. The number of rotatable bonds is 2. The van der Waals surface area contributed by atoms with Gasteiger partial charge in [0.05, 0.1) is 5.02 Å². The Hall–Kier alpha value is -0.990. The fourth-order valence-electron chi connectivity index (χ4n) is 3.09. The number of fused-ring (bicyclic) bond motifs is 1. The summed E-state index contributed by atoms with van der Waals surface area (Å²) in [5.74, 6) is 2.08. The minimum Gasteiger partial charge on any atom is -0.459 e. The number of furan rings is 1. The number of hydrogen-bond acceptors (Lipinski definition) is 2. The van der Waals surface area contributed by atoms with Crippen molar-refractivity contribution >= 4 is 22.6 Å². The van der Waals surface area contributed by atoms with Crippen molar-refractivity contribution < 1.29 is 4.42 Å². The molecule has 0 aliphatic heterocycles. The maximum absolute atomic E-state index is 6.16. The lowest BCUT2D eigenvalue weighted by Gasteiger charge is -2.28. The largest absolute Gasteiger partial charge is 0.459 e. The number of hydrogen-bond donors (Lipinski definition) is 1. The summed E-state index contributed by atoms with van der Waals surface area (Å²) in [6.07, 6.45) is 4.95. The fourth-order valence-corrected chi connectivity index (χ4v) is 3.31. The molecule has 1 aliphatic rings. The van der Waals surface area contributed by atoms with E-state index in [4.69, 9.17) is 21.8 Å². The van der Waals surface area contributed by atoms with Crippen LogP contribution in [0.5, 0.6) is 0 Å². The van der Waals surface area contributed by atoms with Crippen LogP contribution < -0.4 is 5.73 Å². The van der Waals surface area contributed by atoms with Crippen LogP contribution in [0, 0.1) is 5.92 Å². The van der Waals surface area contributed by atoms with E-state index in [9.17, 15) is 0 Å². The summed E-state index contributed by atoms with van der Waals surface area (Å²) in [5.41, 5.74) is 6.70. The highest BCUT2D eigenvalue weighted by Gasteiger charge is 2.28. The summed E-state index contributed by atoms with van der Waals surface area (Å²) in [5, 5.41) is 1.79. The van der Waals surface area contributed by atoms with Gasteiger partial charge in [0.15, 0.2) is 5.58 Å². The predicted molar refractivity (Wildman–Crippen MR) is 75.0 cm³/mol. The molecule has 0 amide bonds. The van der Waals surface area contributed by atoms with Crippen LogP contribution in [0.25, 0.3) is 11.0 Å². The van der Waals surface area contributed by atoms with E-state index in [1.807, 2.05) is 12.1 Å². The zero-order valence-electron chi connectivity index (χ0n) is 10.4. The van der Waals surface area contributed by atoms with E-state index < -0.39 is 0 Å². The SMILES string of the molecule is NCC1CCCCC1c1cc2cccc(Cl)c2o1. The second-order valence-electron chi connectivity index (χ2n) is 5.19. The van der Waals surface area contributed by atoms with Crippen LogP contribution in [-0.2, 0) is 0 Å². The van der Waals surface area contributed by atoms with E-state index >= 15 is 0 Å². The van der Waals surface area contributed by atoms with Gasteiger partial charge in [0, 0.05) is 11.3 Å². The van der Waals surface area contributed by atoms with Crippen molar-refractivity contribution in [3.63, 3.8) is 0 Å². The molecule has 1 heterocycles. The Morgan fingerprint density at radius 3 is 2.89 bits per heavy atom. The molecule has 3 heteroatoms. The van der Waals surface area contributed by atoms with Gasteiger partial charge in [-0.15, -0.1) is 0 Å². The Morgan fingerprint density at radius 2 is 2.11 bits per heavy atom. The van der Waals surface area contributed by atoms with E-state index in [2.05, 4.69) is 12.1 Å². The quantitative estimate of drug-likeness (QED) is 0.876. The third kappa shape index (κ3) is 2.04. The summed E-state index contributed by atoms with van der Waals surface area (Å²) in [4.78, 5) is 0. The van der Waals surface area contributed by atoms with Crippen molar-refractivity contribution in [1.29, 1.82) is 0 Å². The summed E-state index contributed by atoms with van der Waals surface area (Å²) in [6.45, 7) is 0.745. The Morgan fingerprint density at radius 1 is 1.28 bits per heavy atom. The van der Waals surface area contributed by atoms with Crippen LogP contribution in [0.1, 0.15) is 37.4 Å². The summed E-state index contributed by atoms with van der Waals surface area (Å²) < 4.78 is 5.98. The molecule has 2 unspecified atom stereocenters. The first-order valence-corrected chi connectivity index (χ1v) is 7.05. The topological polar surface area (TPSA) is 39.2 Å². The number of benzene rings is 1. The number of halogens is 1. The first-order chi connectivity index (χ1) is 8.79. The molecular formula is C15H18ClNO. The zero-order chi connectivity index (χ0) is 12.5. The molecular weight excluding hydrogens is 246 g/mol. The highest BCUT2D eigenvalue weighted by Crippen LogP contribution is 2.40. The maximum Gasteiger partial charge on any atom is 0.152 e. The van der Waals surface area contributed by atoms with Gasteiger partial charge in [0.1, 0.15) is 5.76 Å². The second-order valence-corrected chi connectivity index (χ2v) is 5.60. The van der Waals surface area contributed by atoms with E-state index in [1.165, 1.54) is 25.7 Å². The average molecular weight is 264 g/mol.